The van der Waals surface area contributed by atoms with Crippen LogP contribution in [0.1, 0.15) is 52.4 Å². The Morgan fingerprint density at radius 3 is 2.42 bits per heavy atom. The molecule has 0 spiro atoms. The molecule has 3 nitrogen and oxygen atoms in total. The van der Waals surface area contributed by atoms with Crippen LogP contribution in [0.3, 0.4) is 0 Å². The molecule has 1 heterocycles. The number of aliphatic hydroxyl groups is 1. The van der Waals surface area contributed by atoms with Crippen molar-refractivity contribution in [3.8, 4) is 0 Å². The number of rotatable bonds is 5. The van der Waals surface area contributed by atoms with Crippen molar-refractivity contribution in [3.63, 3.8) is 0 Å². The minimum Gasteiger partial charge on any atom is -0.391 e. The van der Waals surface area contributed by atoms with E-state index in [1.807, 2.05) is 0 Å². The highest BCUT2D eigenvalue weighted by Gasteiger charge is 2.31. The van der Waals surface area contributed by atoms with E-state index >= 15 is 0 Å². The first-order valence-electron chi connectivity index (χ1n) is 8.29. The van der Waals surface area contributed by atoms with Gasteiger partial charge in [-0.1, -0.05) is 26.7 Å². The zero-order chi connectivity index (χ0) is 13.7. The van der Waals surface area contributed by atoms with Gasteiger partial charge in [0.2, 0.25) is 0 Å². The normalized spacial score (nSPS) is 30.9. The minimum absolute atomic E-state index is 0.0654. The molecule has 1 aliphatic carbocycles. The van der Waals surface area contributed by atoms with Gasteiger partial charge in [0, 0.05) is 6.04 Å². The van der Waals surface area contributed by atoms with Crippen LogP contribution in [0.2, 0.25) is 0 Å². The Morgan fingerprint density at radius 1 is 1.11 bits per heavy atom. The van der Waals surface area contributed by atoms with Crippen LogP contribution >= 0.6 is 0 Å². The number of hydrogen-bond donors (Lipinski definition) is 2. The van der Waals surface area contributed by atoms with Crippen LogP contribution in [0.25, 0.3) is 0 Å². The first-order chi connectivity index (χ1) is 9.16. The van der Waals surface area contributed by atoms with Crippen LogP contribution in [0.5, 0.6) is 0 Å². The molecule has 2 fully saturated rings. The van der Waals surface area contributed by atoms with E-state index in [4.69, 9.17) is 0 Å². The molecular formula is C16H32N2O. The maximum absolute atomic E-state index is 10.1. The second-order valence-electron chi connectivity index (χ2n) is 6.95. The molecule has 2 rings (SSSR count). The lowest BCUT2D eigenvalue weighted by molar-refractivity contribution is 0.00407. The second kappa shape index (κ2) is 7.61. The molecule has 0 bridgehead atoms. The Balaban J connectivity index is 1.67. The van der Waals surface area contributed by atoms with Gasteiger partial charge in [0.25, 0.3) is 0 Å². The summed E-state index contributed by atoms with van der Waals surface area (Å²) in [5.41, 5.74) is 0. The number of piperidine rings is 1. The van der Waals surface area contributed by atoms with Gasteiger partial charge in [-0.25, -0.2) is 0 Å². The molecule has 0 aromatic rings. The summed E-state index contributed by atoms with van der Waals surface area (Å²) in [4.78, 5) is 2.56. The highest BCUT2D eigenvalue weighted by Crippen LogP contribution is 2.27. The molecule has 2 unspecified atom stereocenters. The molecule has 0 aromatic carbocycles. The molecule has 2 N–H and O–H groups in total. The van der Waals surface area contributed by atoms with Crippen molar-refractivity contribution in [1.82, 2.24) is 10.2 Å². The predicted octanol–water partition coefficient (Wildman–Crippen LogP) is 2.25. The fraction of sp³-hybridized carbons (Fsp3) is 1.00. The summed E-state index contributed by atoms with van der Waals surface area (Å²) < 4.78 is 0. The standard InChI is InChI=1S/C16H32N2O/c1-13(2)11-17-12-14-7-9-18(10-8-14)15-5-3-4-6-16(15)19/h13-17,19H,3-12H2,1-2H3. The third-order valence-corrected chi connectivity index (χ3v) is 4.80. The maximum atomic E-state index is 10.1. The molecule has 1 saturated heterocycles. The lowest BCUT2D eigenvalue weighted by atomic mass is 9.88. The van der Waals surface area contributed by atoms with Crippen molar-refractivity contribution in [2.24, 2.45) is 11.8 Å². The first-order valence-corrected chi connectivity index (χ1v) is 8.29. The largest absolute Gasteiger partial charge is 0.391 e. The van der Waals surface area contributed by atoms with E-state index in [1.54, 1.807) is 0 Å². The molecule has 3 heteroatoms. The Bertz CT molecular complexity index is 249. The molecule has 1 saturated carbocycles. The predicted molar refractivity (Wildman–Crippen MR) is 80.3 cm³/mol. The lowest BCUT2D eigenvalue weighted by Gasteiger charge is -2.41. The zero-order valence-electron chi connectivity index (χ0n) is 12.8. The summed E-state index contributed by atoms with van der Waals surface area (Å²) in [5, 5.41) is 13.7. The molecule has 0 amide bonds. The monoisotopic (exact) mass is 268 g/mol. The molecular weight excluding hydrogens is 236 g/mol. The third kappa shape index (κ3) is 4.73. The number of aliphatic hydroxyl groups excluding tert-OH is 1. The molecule has 2 atom stereocenters. The molecule has 2 aliphatic rings. The fourth-order valence-corrected chi connectivity index (χ4v) is 3.58. The summed E-state index contributed by atoms with van der Waals surface area (Å²) in [5.74, 6) is 1.59. The molecule has 1 aliphatic heterocycles. The van der Waals surface area contributed by atoms with Gasteiger partial charge in [-0.2, -0.15) is 0 Å². The van der Waals surface area contributed by atoms with Gasteiger partial charge in [-0.05, 0) is 63.7 Å². The quantitative estimate of drug-likeness (QED) is 0.803. The number of nitrogens with one attached hydrogen (secondary N) is 1. The molecule has 0 aromatic heterocycles. The molecule has 0 radical (unpaired) electrons. The second-order valence-corrected chi connectivity index (χ2v) is 6.95. The van der Waals surface area contributed by atoms with E-state index in [0.717, 1.165) is 24.8 Å². The number of hydrogen-bond acceptors (Lipinski definition) is 3. The third-order valence-electron chi connectivity index (χ3n) is 4.80. The summed E-state index contributed by atoms with van der Waals surface area (Å²) in [6.07, 6.45) is 7.27. The summed E-state index contributed by atoms with van der Waals surface area (Å²) in [6.45, 7) is 9.23. The Kier molecular flexibility index (Phi) is 6.11. The van der Waals surface area contributed by atoms with Crippen LogP contribution < -0.4 is 5.32 Å². The first kappa shape index (κ1) is 15.3. The van der Waals surface area contributed by atoms with Crippen LogP contribution in [0.15, 0.2) is 0 Å². The van der Waals surface area contributed by atoms with Gasteiger partial charge in [-0.3, -0.25) is 4.90 Å². The lowest BCUT2D eigenvalue weighted by Crippen LogP contribution is -2.49. The van der Waals surface area contributed by atoms with Crippen LogP contribution in [0, 0.1) is 11.8 Å². The van der Waals surface area contributed by atoms with Gasteiger partial charge in [0.1, 0.15) is 0 Å². The Morgan fingerprint density at radius 2 is 1.79 bits per heavy atom. The highest BCUT2D eigenvalue weighted by atomic mass is 16.3. The number of likely N-dealkylation sites (tertiary alicyclic amines) is 1. The van der Waals surface area contributed by atoms with Crippen molar-refractivity contribution < 1.29 is 5.11 Å². The average molecular weight is 268 g/mol. The van der Waals surface area contributed by atoms with Crippen molar-refractivity contribution in [1.29, 1.82) is 0 Å². The van der Waals surface area contributed by atoms with Crippen LogP contribution in [-0.4, -0.2) is 48.3 Å². The van der Waals surface area contributed by atoms with Crippen molar-refractivity contribution in [2.75, 3.05) is 26.2 Å². The van der Waals surface area contributed by atoms with E-state index in [0.29, 0.717) is 6.04 Å². The summed E-state index contributed by atoms with van der Waals surface area (Å²) >= 11 is 0. The van der Waals surface area contributed by atoms with Gasteiger partial charge >= 0.3 is 0 Å². The van der Waals surface area contributed by atoms with Crippen molar-refractivity contribution >= 4 is 0 Å². The Labute approximate surface area is 118 Å². The van der Waals surface area contributed by atoms with Crippen LogP contribution in [-0.2, 0) is 0 Å². The van der Waals surface area contributed by atoms with Gasteiger partial charge < -0.3 is 10.4 Å². The Hall–Kier alpha value is -0.120. The van der Waals surface area contributed by atoms with E-state index in [2.05, 4.69) is 24.1 Å². The molecule has 19 heavy (non-hydrogen) atoms. The smallest absolute Gasteiger partial charge is 0.0695 e. The topological polar surface area (TPSA) is 35.5 Å². The van der Waals surface area contributed by atoms with Gasteiger partial charge in [-0.15, -0.1) is 0 Å². The van der Waals surface area contributed by atoms with E-state index in [1.165, 1.54) is 51.7 Å². The van der Waals surface area contributed by atoms with Gasteiger partial charge in [0.15, 0.2) is 0 Å². The zero-order valence-corrected chi connectivity index (χ0v) is 12.8. The average Bonchev–Trinajstić information content (AvgIpc) is 2.40. The number of nitrogens with zero attached hydrogens (tertiary/aromatic N) is 1. The van der Waals surface area contributed by atoms with Gasteiger partial charge in [0.05, 0.1) is 6.10 Å². The van der Waals surface area contributed by atoms with Crippen LogP contribution in [0.4, 0.5) is 0 Å². The maximum Gasteiger partial charge on any atom is 0.0695 e. The van der Waals surface area contributed by atoms with Crippen molar-refractivity contribution in [3.05, 3.63) is 0 Å². The summed E-state index contributed by atoms with van der Waals surface area (Å²) in [7, 11) is 0. The fourth-order valence-electron chi connectivity index (χ4n) is 3.58. The van der Waals surface area contributed by atoms with E-state index in [-0.39, 0.29) is 6.10 Å². The SMILES string of the molecule is CC(C)CNCC1CCN(C2CCCCC2O)CC1. The van der Waals surface area contributed by atoms with Crippen molar-refractivity contribution in [2.45, 2.75) is 64.5 Å². The van der Waals surface area contributed by atoms with E-state index < -0.39 is 0 Å². The summed E-state index contributed by atoms with van der Waals surface area (Å²) in [6, 6.07) is 0.457. The minimum atomic E-state index is -0.0654. The van der Waals surface area contributed by atoms with E-state index in [9.17, 15) is 5.11 Å². The highest BCUT2D eigenvalue weighted by molar-refractivity contribution is 4.86. The molecule has 112 valence electrons.